The van der Waals surface area contributed by atoms with Gasteiger partial charge in [-0.15, -0.1) is 0 Å². The van der Waals surface area contributed by atoms with Gasteiger partial charge in [-0.25, -0.2) is 0 Å². The zero-order valence-corrected chi connectivity index (χ0v) is 34.1. The summed E-state index contributed by atoms with van der Waals surface area (Å²) in [6.07, 6.45) is 0. The monoisotopic (exact) mass is 790 g/mol. The predicted octanol–water partition coefficient (Wildman–Crippen LogP) is 16.6. The Bertz CT molecular complexity index is 3210. The van der Waals surface area contributed by atoms with Crippen LogP contribution in [0.1, 0.15) is 0 Å². The summed E-state index contributed by atoms with van der Waals surface area (Å²) in [5, 5.41) is 2.45. The zero-order chi connectivity index (χ0) is 41.2. The first kappa shape index (κ1) is 36.8. The van der Waals surface area contributed by atoms with Crippen molar-refractivity contribution in [3.8, 4) is 61.3 Å². The molecule has 10 aromatic carbocycles. The van der Waals surface area contributed by atoms with Crippen molar-refractivity contribution in [2.24, 2.45) is 0 Å². The van der Waals surface area contributed by atoms with E-state index in [1.165, 1.54) is 60.8 Å². The molecule has 292 valence electrons. The van der Waals surface area contributed by atoms with Crippen LogP contribution in [0.15, 0.2) is 255 Å². The van der Waals surface area contributed by atoms with Crippen LogP contribution in [-0.2, 0) is 0 Å². The van der Waals surface area contributed by atoms with E-state index in [0.717, 1.165) is 39.4 Å². The second-order valence-electron chi connectivity index (χ2n) is 15.7. The lowest BCUT2D eigenvalue weighted by Gasteiger charge is -2.29. The molecular weight excluding hydrogens is 749 g/mol. The fraction of sp³-hybridized carbons (Fsp3) is 0. The summed E-state index contributed by atoms with van der Waals surface area (Å²) in [4.78, 5) is 2.41. The number of nitrogens with zero attached hydrogens (tertiary/aromatic N) is 2. The van der Waals surface area contributed by atoms with Crippen LogP contribution in [0.2, 0.25) is 0 Å². The quantitative estimate of drug-likeness (QED) is 0.141. The number of aromatic nitrogens is 1. The van der Waals surface area contributed by atoms with Crippen LogP contribution < -0.4 is 4.90 Å². The summed E-state index contributed by atoms with van der Waals surface area (Å²) in [6, 6.07) is 92.1. The van der Waals surface area contributed by atoms with E-state index in [0.29, 0.717) is 0 Å². The molecule has 0 radical (unpaired) electrons. The van der Waals surface area contributed by atoms with Gasteiger partial charge in [0.05, 0.1) is 22.4 Å². The summed E-state index contributed by atoms with van der Waals surface area (Å²) in [6.45, 7) is 0. The molecule has 11 rings (SSSR count). The standard InChI is InChI=1S/C60H42N2/c1-5-18-43(19-6-1)46-32-37-50(38-33-46)61(51-39-34-47(35-40-51)44-20-7-2-8-21-44)57-30-15-13-26-53(57)54-27-14-16-31-58(54)62-59-41-36-49(45-22-9-3-10-23-45)42-56(59)55-29-17-28-52(60(55)62)48-24-11-4-12-25-48/h1-42H. The number of hydrogen-bond acceptors (Lipinski definition) is 1. The SMILES string of the molecule is c1ccc(-c2ccc(N(c3ccc(-c4ccccc4)cc3)c3ccccc3-c3ccccc3-n3c4ccc(-c5ccccc5)cc4c4cccc(-c5ccccc5)c43)cc2)cc1. The van der Waals surface area contributed by atoms with E-state index in [2.05, 4.69) is 264 Å². The van der Waals surface area contributed by atoms with Crippen molar-refractivity contribution in [1.82, 2.24) is 4.57 Å². The first-order valence-electron chi connectivity index (χ1n) is 21.3. The van der Waals surface area contributed by atoms with Gasteiger partial charge in [0.25, 0.3) is 0 Å². The summed E-state index contributed by atoms with van der Waals surface area (Å²) in [5.74, 6) is 0. The van der Waals surface area contributed by atoms with Crippen molar-refractivity contribution < 1.29 is 0 Å². The lowest BCUT2D eigenvalue weighted by Crippen LogP contribution is -2.11. The Morgan fingerprint density at radius 1 is 0.274 bits per heavy atom. The Morgan fingerprint density at radius 2 is 0.710 bits per heavy atom. The van der Waals surface area contributed by atoms with Crippen LogP contribution in [0, 0.1) is 0 Å². The first-order valence-corrected chi connectivity index (χ1v) is 21.3. The van der Waals surface area contributed by atoms with Gasteiger partial charge in [0, 0.05) is 38.8 Å². The van der Waals surface area contributed by atoms with Gasteiger partial charge < -0.3 is 9.47 Å². The summed E-state index contributed by atoms with van der Waals surface area (Å²) in [7, 11) is 0. The molecular formula is C60H42N2. The average molecular weight is 791 g/mol. The predicted molar refractivity (Wildman–Crippen MR) is 263 cm³/mol. The molecule has 0 N–H and O–H groups in total. The van der Waals surface area contributed by atoms with Crippen LogP contribution in [0.4, 0.5) is 17.1 Å². The maximum absolute atomic E-state index is 2.50. The lowest BCUT2D eigenvalue weighted by molar-refractivity contribution is 1.18. The van der Waals surface area contributed by atoms with E-state index in [1.807, 2.05) is 0 Å². The average Bonchev–Trinajstić information content (AvgIpc) is 3.69. The fourth-order valence-electron chi connectivity index (χ4n) is 9.07. The molecule has 11 aromatic rings. The number of para-hydroxylation sites is 3. The summed E-state index contributed by atoms with van der Waals surface area (Å²) < 4.78 is 2.50. The van der Waals surface area contributed by atoms with Crippen molar-refractivity contribution in [1.29, 1.82) is 0 Å². The van der Waals surface area contributed by atoms with E-state index in [-0.39, 0.29) is 0 Å². The molecule has 0 aliphatic heterocycles. The Balaban J connectivity index is 1.13. The molecule has 0 unspecified atom stereocenters. The smallest absolute Gasteiger partial charge is 0.0619 e. The normalized spacial score (nSPS) is 11.2. The van der Waals surface area contributed by atoms with Gasteiger partial charge in [0.1, 0.15) is 0 Å². The third-order valence-electron chi connectivity index (χ3n) is 12.0. The number of rotatable bonds is 9. The van der Waals surface area contributed by atoms with Crippen LogP contribution in [-0.4, -0.2) is 4.57 Å². The van der Waals surface area contributed by atoms with Gasteiger partial charge in [-0.2, -0.15) is 0 Å². The van der Waals surface area contributed by atoms with E-state index in [1.54, 1.807) is 0 Å². The number of hydrogen-bond donors (Lipinski definition) is 0. The molecule has 2 nitrogen and oxygen atoms in total. The van der Waals surface area contributed by atoms with Gasteiger partial charge in [0.15, 0.2) is 0 Å². The summed E-state index contributed by atoms with van der Waals surface area (Å²) >= 11 is 0. The molecule has 1 heterocycles. The minimum atomic E-state index is 1.08. The van der Waals surface area contributed by atoms with Crippen molar-refractivity contribution >= 4 is 38.9 Å². The van der Waals surface area contributed by atoms with E-state index < -0.39 is 0 Å². The van der Waals surface area contributed by atoms with Gasteiger partial charge in [-0.3, -0.25) is 0 Å². The third-order valence-corrected chi connectivity index (χ3v) is 12.0. The molecule has 0 aliphatic carbocycles. The van der Waals surface area contributed by atoms with E-state index >= 15 is 0 Å². The molecule has 0 aliphatic rings. The van der Waals surface area contributed by atoms with Crippen molar-refractivity contribution in [3.63, 3.8) is 0 Å². The number of fused-ring (bicyclic) bond motifs is 3. The van der Waals surface area contributed by atoms with Gasteiger partial charge in [0.2, 0.25) is 0 Å². The molecule has 0 fully saturated rings. The highest BCUT2D eigenvalue weighted by Crippen LogP contribution is 2.46. The van der Waals surface area contributed by atoms with E-state index in [9.17, 15) is 0 Å². The topological polar surface area (TPSA) is 8.17 Å². The third kappa shape index (κ3) is 6.74. The molecule has 0 atom stereocenters. The van der Waals surface area contributed by atoms with Gasteiger partial charge in [-0.05, 0) is 87.5 Å². The fourth-order valence-corrected chi connectivity index (χ4v) is 9.07. The first-order chi connectivity index (χ1) is 30.8. The maximum Gasteiger partial charge on any atom is 0.0619 e. The molecule has 0 bridgehead atoms. The van der Waals surface area contributed by atoms with Gasteiger partial charge in [-0.1, -0.05) is 206 Å². The minimum Gasteiger partial charge on any atom is -0.310 e. The van der Waals surface area contributed by atoms with Crippen molar-refractivity contribution in [2.45, 2.75) is 0 Å². The number of anilines is 3. The molecule has 0 saturated heterocycles. The van der Waals surface area contributed by atoms with Crippen LogP contribution >= 0.6 is 0 Å². The van der Waals surface area contributed by atoms with Crippen molar-refractivity contribution in [2.75, 3.05) is 4.90 Å². The Morgan fingerprint density at radius 3 is 1.29 bits per heavy atom. The Kier molecular flexibility index (Phi) is 9.57. The molecule has 2 heteroatoms. The molecule has 62 heavy (non-hydrogen) atoms. The second-order valence-corrected chi connectivity index (χ2v) is 15.7. The highest BCUT2D eigenvalue weighted by molar-refractivity contribution is 6.15. The number of benzene rings is 10. The molecule has 1 aromatic heterocycles. The molecule has 0 amide bonds. The van der Waals surface area contributed by atoms with Crippen LogP contribution in [0.5, 0.6) is 0 Å². The largest absolute Gasteiger partial charge is 0.310 e. The highest BCUT2D eigenvalue weighted by Gasteiger charge is 2.23. The van der Waals surface area contributed by atoms with Crippen LogP contribution in [0.3, 0.4) is 0 Å². The van der Waals surface area contributed by atoms with E-state index in [4.69, 9.17) is 0 Å². The van der Waals surface area contributed by atoms with Crippen LogP contribution in [0.25, 0.3) is 83.1 Å². The Labute approximate surface area is 362 Å². The maximum atomic E-state index is 2.50. The molecule has 0 spiro atoms. The highest BCUT2D eigenvalue weighted by atomic mass is 15.1. The lowest BCUT2D eigenvalue weighted by atomic mass is 9.98. The second kappa shape index (κ2) is 16.1. The van der Waals surface area contributed by atoms with Crippen molar-refractivity contribution in [3.05, 3.63) is 255 Å². The molecule has 0 saturated carbocycles. The Hall–Kier alpha value is -8.20. The summed E-state index contributed by atoms with van der Waals surface area (Å²) in [5.41, 5.74) is 18.6. The van der Waals surface area contributed by atoms with Gasteiger partial charge >= 0.3 is 0 Å². The minimum absolute atomic E-state index is 1.08. The zero-order valence-electron chi connectivity index (χ0n) is 34.1.